The van der Waals surface area contributed by atoms with Crippen LogP contribution in [0.25, 0.3) is 0 Å². The van der Waals surface area contributed by atoms with Gasteiger partial charge in [-0.2, -0.15) is 0 Å². The van der Waals surface area contributed by atoms with Gasteiger partial charge in [-0.05, 0) is 37.6 Å². The first-order chi connectivity index (χ1) is 9.46. The van der Waals surface area contributed by atoms with Crippen molar-refractivity contribution in [1.82, 2.24) is 4.90 Å². The zero-order chi connectivity index (χ0) is 14.8. The zero-order valence-corrected chi connectivity index (χ0v) is 13.0. The Labute approximate surface area is 129 Å². The number of nitrogens with zero attached hydrogens (tertiary/aromatic N) is 2. The van der Waals surface area contributed by atoms with Crippen molar-refractivity contribution in [2.75, 3.05) is 13.1 Å². The topological polar surface area (TPSA) is 61.9 Å². The van der Waals surface area contributed by atoms with Crippen molar-refractivity contribution in [2.45, 2.75) is 26.3 Å². The van der Waals surface area contributed by atoms with Crippen molar-refractivity contribution >= 4 is 29.0 Å². The molecule has 1 aromatic rings. The van der Waals surface area contributed by atoms with E-state index < -0.39 is 0 Å². The summed E-state index contributed by atoms with van der Waals surface area (Å²) in [6.07, 6.45) is 1.72. The van der Waals surface area contributed by atoms with E-state index in [0.717, 1.165) is 38.0 Å². The molecule has 3 N–H and O–H groups in total. The molecule has 0 amide bonds. The van der Waals surface area contributed by atoms with Gasteiger partial charge in [-0.1, -0.05) is 47.4 Å². The van der Waals surface area contributed by atoms with E-state index in [4.69, 9.17) is 34.1 Å². The molecule has 1 aliphatic rings. The summed E-state index contributed by atoms with van der Waals surface area (Å²) in [6.45, 7) is 4.57. The quantitative estimate of drug-likeness (QED) is 0.389. The Morgan fingerprint density at radius 1 is 1.40 bits per heavy atom. The van der Waals surface area contributed by atoms with Gasteiger partial charge in [0.2, 0.25) is 0 Å². The van der Waals surface area contributed by atoms with Gasteiger partial charge in [0.15, 0.2) is 0 Å². The molecule has 0 aliphatic carbocycles. The Morgan fingerprint density at radius 3 is 2.65 bits per heavy atom. The second-order valence-electron chi connectivity index (χ2n) is 5.53. The molecule has 0 atom stereocenters. The van der Waals surface area contributed by atoms with Crippen LogP contribution < -0.4 is 5.73 Å². The van der Waals surface area contributed by atoms with Crippen molar-refractivity contribution in [3.8, 4) is 0 Å². The lowest BCUT2D eigenvalue weighted by Gasteiger charge is -2.38. The normalized spacial score (nSPS) is 20.1. The molecule has 2 rings (SSSR count). The van der Waals surface area contributed by atoms with E-state index in [2.05, 4.69) is 10.1 Å². The van der Waals surface area contributed by atoms with Gasteiger partial charge in [-0.3, -0.25) is 4.90 Å². The SMILES string of the molecule is CC1(/C(N)=N/O)CCN(Cc2cccc(Cl)c2Cl)CC1. The maximum Gasteiger partial charge on any atom is 0.145 e. The molecule has 0 saturated carbocycles. The number of rotatable bonds is 3. The van der Waals surface area contributed by atoms with Crippen LogP contribution in [-0.4, -0.2) is 29.0 Å². The summed E-state index contributed by atoms with van der Waals surface area (Å²) in [7, 11) is 0. The number of amidine groups is 1. The maximum atomic E-state index is 8.84. The molecule has 0 bridgehead atoms. The van der Waals surface area contributed by atoms with Crippen LogP contribution in [0.1, 0.15) is 25.3 Å². The molecule has 4 nitrogen and oxygen atoms in total. The summed E-state index contributed by atoms with van der Waals surface area (Å²) in [4.78, 5) is 2.31. The lowest BCUT2D eigenvalue weighted by Crippen LogP contribution is -2.45. The largest absolute Gasteiger partial charge is 0.409 e. The van der Waals surface area contributed by atoms with Crippen molar-refractivity contribution in [3.63, 3.8) is 0 Å². The van der Waals surface area contributed by atoms with Crippen molar-refractivity contribution < 1.29 is 5.21 Å². The third-order valence-corrected chi connectivity index (χ3v) is 4.97. The highest BCUT2D eigenvalue weighted by molar-refractivity contribution is 6.42. The number of likely N-dealkylation sites (tertiary alicyclic amines) is 1. The van der Waals surface area contributed by atoms with Gasteiger partial charge in [0.25, 0.3) is 0 Å². The number of hydrogen-bond acceptors (Lipinski definition) is 3. The van der Waals surface area contributed by atoms with Gasteiger partial charge in [-0.25, -0.2) is 0 Å². The van der Waals surface area contributed by atoms with Crippen LogP contribution in [0.5, 0.6) is 0 Å². The minimum absolute atomic E-state index is 0.219. The molecular formula is C14H19Cl2N3O. The molecule has 1 heterocycles. The second-order valence-corrected chi connectivity index (χ2v) is 6.32. The van der Waals surface area contributed by atoms with E-state index in [1.165, 1.54) is 0 Å². The molecule has 0 spiro atoms. The van der Waals surface area contributed by atoms with E-state index in [9.17, 15) is 0 Å². The third kappa shape index (κ3) is 3.19. The molecular weight excluding hydrogens is 297 g/mol. The lowest BCUT2D eigenvalue weighted by atomic mass is 9.79. The molecule has 6 heteroatoms. The van der Waals surface area contributed by atoms with Gasteiger partial charge in [0.1, 0.15) is 5.84 Å². The molecule has 0 radical (unpaired) electrons. The Hall–Kier alpha value is -0.970. The van der Waals surface area contributed by atoms with Gasteiger partial charge in [-0.15, -0.1) is 0 Å². The molecule has 0 unspecified atom stereocenters. The highest BCUT2D eigenvalue weighted by Crippen LogP contribution is 2.33. The Bertz CT molecular complexity index is 511. The molecule has 1 aliphatic heterocycles. The average Bonchev–Trinajstić information content (AvgIpc) is 2.45. The summed E-state index contributed by atoms with van der Waals surface area (Å²) in [5.41, 5.74) is 6.58. The first-order valence-corrected chi connectivity index (χ1v) is 7.35. The van der Waals surface area contributed by atoms with E-state index in [1.807, 2.05) is 19.1 Å². The van der Waals surface area contributed by atoms with E-state index in [-0.39, 0.29) is 5.41 Å². The molecule has 110 valence electrons. The highest BCUT2D eigenvalue weighted by Gasteiger charge is 2.34. The van der Waals surface area contributed by atoms with E-state index >= 15 is 0 Å². The van der Waals surface area contributed by atoms with Gasteiger partial charge in [0, 0.05) is 12.0 Å². The van der Waals surface area contributed by atoms with Crippen molar-refractivity contribution in [2.24, 2.45) is 16.3 Å². The third-order valence-electron chi connectivity index (χ3n) is 4.11. The van der Waals surface area contributed by atoms with Gasteiger partial charge in [0.05, 0.1) is 10.0 Å². The van der Waals surface area contributed by atoms with Crippen LogP contribution in [0.15, 0.2) is 23.4 Å². The Balaban J connectivity index is 2.00. The smallest absolute Gasteiger partial charge is 0.145 e. The molecule has 1 aromatic carbocycles. The van der Waals surface area contributed by atoms with Crippen molar-refractivity contribution in [3.05, 3.63) is 33.8 Å². The molecule has 1 fully saturated rings. The van der Waals surface area contributed by atoms with Crippen LogP contribution >= 0.6 is 23.2 Å². The predicted octanol–water partition coefficient (Wildman–Crippen LogP) is 3.34. The summed E-state index contributed by atoms with van der Waals surface area (Å²) < 4.78 is 0. The summed E-state index contributed by atoms with van der Waals surface area (Å²) in [6, 6.07) is 5.69. The number of halogens is 2. The van der Waals surface area contributed by atoms with E-state index in [0.29, 0.717) is 15.9 Å². The molecule has 0 aromatic heterocycles. The second kappa shape index (κ2) is 6.20. The first kappa shape index (κ1) is 15.4. The number of hydrogen-bond donors (Lipinski definition) is 2. The zero-order valence-electron chi connectivity index (χ0n) is 11.4. The van der Waals surface area contributed by atoms with Gasteiger partial charge >= 0.3 is 0 Å². The Kier molecular flexibility index (Phi) is 4.78. The van der Waals surface area contributed by atoms with Crippen LogP contribution in [-0.2, 0) is 6.54 Å². The van der Waals surface area contributed by atoms with Crippen LogP contribution in [0.2, 0.25) is 10.0 Å². The molecule has 20 heavy (non-hydrogen) atoms. The van der Waals surface area contributed by atoms with Crippen LogP contribution in [0.4, 0.5) is 0 Å². The minimum Gasteiger partial charge on any atom is -0.409 e. The maximum absolute atomic E-state index is 8.84. The summed E-state index contributed by atoms with van der Waals surface area (Å²) >= 11 is 12.2. The number of nitrogens with two attached hydrogens (primary N) is 1. The van der Waals surface area contributed by atoms with Crippen molar-refractivity contribution in [1.29, 1.82) is 0 Å². The highest BCUT2D eigenvalue weighted by atomic mass is 35.5. The van der Waals surface area contributed by atoms with Gasteiger partial charge < -0.3 is 10.9 Å². The number of benzene rings is 1. The summed E-state index contributed by atoms with van der Waals surface area (Å²) in [5, 5.41) is 13.2. The fourth-order valence-corrected chi connectivity index (χ4v) is 2.87. The monoisotopic (exact) mass is 315 g/mol. The standard InChI is InChI=1S/C14H19Cl2N3O/c1-14(13(17)18-20)5-7-19(8-6-14)9-10-3-2-4-11(15)12(10)16/h2-4,20H,5-9H2,1H3,(H2,17,18). The fourth-order valence-electron chi connectivity index (χ4n) is 2.49. The minimum atomic E-state index is -0.219. The molecule has 1 saturated heterocycles. The Morgan fingerprint density at radius 2 is 2.05 bits per heavy atom. The van der Waals surface area contributed by atoms with E-state index in [1.54, 1.807) is 6.07 Å². The summed E-state index contributed by atoms with van der Waals surface area (Å²) in [5.74, 6) is 0.318. The first-order valence-electron chi connectivity index (χ1n) is 6.59. The lowest BCUT2D eigenvalue weighted by molar-refractivity contribution is 0.153. The number of piperidine rings is 1. The van der Waals surface area contributed by atoms with Crippen LogP contribution in [0, 0.1) is 5.41 Å². The average molecular weight is 316 g/mol. The predicted molar refractivity (Wildman–Crippen MR) is 82.5 cm³/mol. The fraction of sp³-hybridized carbons (Fsp3) is 0.500. The number of oxime groups is 1. The van der Waals surface area contributed by atoms with Crippen LogP contribution in [0.3, 0.4) is 0 Å².